The van der Waals surface area contributed by atoms with Gasteiger partial charge in [0.2, 0.25) is 0 Å². The van der Waals surface area contributed by atoms with Gasteiger partial charge in [-0.25, -0.2) is 4.98 Å². The van der Waals surface area contributed by atoms with Gasteiger partial charge in [-0.1, -0.05) is 0 Å². The fourth-order valence-corrected chi connectivity index (χ4v) is 3.73. The van der Waals surface area contributed by atoms with Gasteiger partial charge in [0.25, 0.3) is 5.91 Å². The van der Waals surface area contributed by atoms with E-state index in [4.69, 9.17) is 5.10 Å². The largest absolute Gasteiger partial charge is 0.333 e. The molecular weight excluding hydrogens is 346 g/mol. The van der Waals surface area contributed by atoms with Gasteiger partial charge in [0.15, 0.2) is 0 Å². The maximum absolute atomic E-state index is 13.1. The number of hydrogen-bond donors (Lipinski definition) is 0. The number of rotatable bonds is 3. The first-order chi connectivity index (χ1) is 12.8. The van der Waals surface area contributed by atoms with Crippen LogP contribution in [0.2, 0.25) is 0 Å². The molecule has 0 radical (unpaired) electrons. The Morgan fingerprint density at radius 2 is 2.00 bits per heavy atom. The molecule has 0 aliphatic carbocycles. The minimum absolute atomic E-state index is 0.0301. The maximum atomic E-state index is 13.1. The molecule has 0 bridgehead atoms. The quantitative estimate of drug-likeness (QED) is 0.668. The summed E-state index contributed by atoms with van der Waals surface area (Å²) in [6.07, 6.45) is 8.08. The number of carbonyl (C=O) groups excluding carboxylic acids is 1. The van der Waals surface area contributed by atoms with Crippen molar-refractivity contribution in [3.05, 3.63) is 60.2 Å². The van der Waals surface area contributed by atoms with Gasteiger partial charge >= 0.3 is 0 Å². The molecule has 0 N–H and O–H groups in total. The fraction of sp³-hybridized carbons (Fsp3) is 0.263. The molecule has 0 fully saturated rings. The Kier molecular flexibility index (Phi) is 4.71. The summed E-state index contributed by atoms with van der Waals surface area (Å²) in [5.41, 5.74) is 3.68. The number of aromatic nitrogens is 4. The smallest absolute Gasteiger partial charge is 0.256 e. The second-order valence-electron chi connectivity index (χ2n) is 6.12. The molecule has 7 heteroatoms. The third-order valence-electron chi connectivity index (χ3n) is 4.47. The highest BCUT2D eigenvalue weighted by molar-refractivity contribution is 7.98. The summed E-state index contributed by atoms with van der Waals surface area (Å²) in [6.45, 7) is 2.09. The molecule has 3 aromatic heterocycles. The summed E-state index contributed by atoms with van der Waals surface area (Å²) in [5, 5.41) is 5.49. The van der Waals surface area contributed by atoms with E-state index in [2.05, 4.69) is 16.0 Å². The first kappa shape index (κ1) is 16.8. The number of thioether (sulfide) groups is 1. The molecule has 6 nitrogen and oxygen atoms in total. The fourth-order valence-electron chi connectivity index (χ4n) is 3.19. The van der Waals surface area contributed by atoms with Crippen molar-refractivity contribution in [2.24, 2.45) is 0 Å². The highest BCUT2D eigenvalue weighted by Gasteiger charge is 2.23. The SMILES string of the molecule is CSc1ncccc1C(=O)N1CCCn2nc(-c3ccncc3)cc2C1. The van der Waals surface area contributed by atoms with Crippen molar-refractivity contribution < 1.29 is 4.79 Å². The monoisotopic (exact) mass is 365 g/mol. The lowest BCUT2D eigenvalue weighted by atomic mass is 10.2. The van der Waals surface area contributed by atoms with E-state index >= 15 is 0 Å². The van der Waals surface area contributed by atoms with Crippen LogP contribution in [0.4, 0.5) is 0 Å². The predicted octanol–water partition coefficient (Wildman–Crippen LogP) is 3.11. The molecular formula is C19H19N5OS. The lowest BCUT2D eigenvalue weighted by molar-refractivity contribution is 0.0741. The average Bonchev–Trinajstić information content (AvgIpc) is 2.99. The van der Waals surface area contributed by atoms with Crippen LogP contribution in [0.15, 0.2) is 53.9 Å². The highest BCUT2D eigenvalue weighted by Crippen LogP contribution is 2.24. The lowest BCUT2D eigenvalue weighted by Crippen LogP contribution is -2.31. The van der Waals surface area contributed by atoms with Crippen LogP contribution in [0.25, 0.3) is 11.3 Å². The molecule has 0 aromatic carbocycles. The molecule has 4 rings (SSSR count). The zero-order chi connectivity index (χ0) is 17.9. The molecule has 0 saturated heterocycles. The van der Waals surface area contributed by atoms with E-state index in [-0.39, 0.29) is 5.91 Å². The first-order valence-electron chi connectivity index (χ1n) is 8.51. The summed E-state index contributed by atoms with van der Waals surface area (Å²) in [6, 6.07) is 9.64. The van der Waals surface area contributed by atoms with Crippen LogP contribution in [0.5, 0.6) is 0 Å². The molecule has 1 aliphatic heterocycles. The lowest BCUT2D eigenvalue weighted by Gasteiger charge is -2.20. The van der Waals surface area contributed by atoms with Crippen LogP contribution < -0.4 is 0 Å². The normalized spacial score (nSPS) is 14.0. The van der Waals surface area contributed by atoms with Crippen molar-refractivity contribution in [1.29, 1.82) is 0 Å². The van der Waals surface area contributed by atoms with Gasteiger partial charge in [-0.05, 0) is 43.0 Å². The Bertz CT molecular complexity index is 925. The summed E-state index contributed by atoms with van der Waals surface area (Å²) in [7, 11) is 0. The van der Waals surface area contributed by atoms with Crippen LogP contribution >= 0.6 is 11.8 Å². The molecule has 0 unspecified atom stereocenters. The van der Waals surface area contributed by atoms with Crippen molar-refractivity contribution in [3.8, 4) is 11.3 Å². The number of pyridine rings is 2. The average molecular weight is 365 g/mol. The predicted molar refractivity (Wildman–Crippen MR) is 101 cm³/mol. The van der Waals surface area contributed by atoms with Crippen LogP contribution in [-0.4, -0.2) is 43.4 Å². The second-order valence-corrected chi connectivity index (χ2v) is 6.92. The molecule has 4 heterocycles. The van der Waals surface area contributed by atoms with Crippen LogP contribution in [0, 0.1) is 0 Å². The number of aryl methyl sites for hydroxylation is 1. The van der Waals surface area contributed by atoms with Gasteiger partial charge < -0.3 is 4.90 Å². The Labute approximate surface area is 156 Å². The Morgan fingerprint density at radius 3 is 2.81 bits per heavy atom. The standard InChI is InChI=1S/C19H19N5OS/c1-26-18-16(4-2-7-21-18)19(25)23-10-3-11-24-15(13-23)12-17(22-24)14-5-8-20-9-6-14/h2,4-9,12H,3,10-11,13H2,1H3. The van der Waals surface area contributed by atoms with Crippen molar-refractivity contribution in [2.75, 3.05) is 12.8 Å². The Balaban J connectivity index is 1.62. The maximum Gasteiger partial charge on any atom is 0.256 e. The van der Waals surface area contributed by atoms with Gasteiger partial charge in [-0.2, -0.15) is 5.10 Å². The number of hydrogen-bond acceptors (Lipinski definition) is 5. The van der Waals surface area contributed by atoms with Crippen LogP contribution in [0.1, 0.15) is 22.5 Å². The van der Waals surface area contributed by atoms with E-state index in [1.165, 1.54) is 11.8 Å². The number of carbonyl (C=O) groups is 1. The number of fused-ring (bicyclic) bond motifs is 1. The highest BCUT2D eigenvalue weighted by atomic mass is 32.2. The molecule has 3 aromatic rings. The molecule has 1 amide bonds. The molecule has 0 saturated carbocycles. The first-order valence-corrected chi connectivity index (χ1v) is 9.74. The summed E-state index contributed by atoms with van der Waals surface area (Å²) >= 11 is 1.50. The third-order valence-corrected chi connectivity index (χ3v) is 5.18. The van der Waals surface area contributed by atoms with Gasteiger partial charge in [0.1, 0.15) is 5.03 Å². The molecule has 0 atom stereocenters. The third kappa shape index (κ3) is 3.22. The van der Waals surface area contributed by atoms with E-state index in [1.807, 2.05) is 40.1 Å². The summed E-state index contributed by atoms with van der Waals surface area (Å²) in [5.74, 6) is 0.0301. The van der Waals surface area contributed by atoms with Crippen molar-refractivity contribution in [2.45, 2.75) is 24.5 Å². The Hall–Kier alpha value is -2.67. The second kappa shape index (κ2) is 7.29. The molecule has 132 valence electrons. The van der Waals surface area contributed by atoms with Crippen LogP contribution in [0.3, 0.4) is 0 Å². The van der Waals surface area contributed by atoms with Gasteiger partial charge in [-0.15, -0.1) is 11.8 Å². The van der Waals surface area contributed by atoms with Crippen molar-refractivity contribution in [3.63, 3.8) is 0 Å². The summed E-state index contributed by atoms with van der Waals surface area (Å²) in [4.78, 5) is 23.3. The van der Waals surface area contributed by atoms with Gasteiger partial charge in [0.05, 0.1) is 23.5 Å². The Morgan fingerprint density at radius 1 is 1.15 bits per heavy atom. The van der Waals surface area contributed by atoms with Gasteiger partial charge in [0, 0.05) is 37.2 Å². The molecule has 26 heavy (non-hydrogen) atoms. The zero-order valence-corrected chi connectivity index (χ0v) is 15.3. The molecule has 0 spiro atoms. The number of nitrogens with zero attached hydrogens (tertiary/aromatic N) is 5. The minimum atomic E-state index is 0.0301. The topological polar surface area (TPSA) is 63.9 Å². The van der Waals surface area contributed by atoms with Crippen molar-refractivity contribution >= 4 is 17.7 Å². The van der Waals surface area contributed by atoms with Gasteiger partial charge in [-0.3, -0.25) is 14.5 Å². The van der Waals surface area contributed by atoms with E-state index in [9.17, 15) is 4.79 Å². The number of amides is 1. The zero-order valence-electron chi connectivity index (χ0n) is 14.5. The summed E-state index contributed by atoms with van der Waals surface area (Å²) < 4.78 is 2.02. The van der Waals surface area contributed by atoms with E-state index in [0.29, 0.717) is 12.1 Å². The van der Waals surface area contributed by atoms with E-state index < -0.39 is 0 Å². The van der Waals surface area contributed by atoms with E-state index in [1.54, 1.807) is 18.6 Å². The molecule has 1 aliphatic rings. The van der Waals surface area contributed by atoms with Crippen LogP contribution in [-0.2, 0) is 13.1 Å². The minimum Gasteiger partial charge on any atom is -0.333 e. The van der Waals surface area contributed by atoms with E-state index in [0.717, 1.165) is 41.5 Å². The van der Waals surface area contributed by atoms with Crippen molar-refractivity contribution in [1.82, 2.24) is 24.6 Å².